The molecule has 1 aromatic heterocycles. The second-order valence-corrected chi connectivity index (χ2v) is 6.58. The van der Waals surface area contributed by atoms with Gasteiger partial charge in [0.25, 0.3) is 5.69 Å². The van der Waals surface area contributed by atoms with Crippen LogP contribution in [0, 0.1) is 10.1 Å². The SMILES string of the molecule is O=[N+]([O-])c1cccc(/C=C\c2nc3ccccc3nc2Oc2ccc(Cl)cc2)c1. The zero-order valence-electron chi connectivity index (χ0n) is 15.0. The molecule has 0 N–H and O–H groups in total. The molecule has 142 valence electrons. The van der Waals surface area contributed by atoms with E-state index in [0.29, 0.717) is 33.4 Å². The van der Waals surface area contributed by atoms with Crippen LogP contribution in [-0.4, -0.2) is 14.9 Å². The minimum atomic E-state index is -0.428. The fourth-order valence-corrected chi connectivity index (χ4v) is 2.84. The highest BCUT2D eigenvalue weighted by Gasteiger charge is 2.10. The van der Waals surface area contributed by atoms with Crippen molar-refractivity contribution in [2.45, 2.75) is 0 Å². The Bertz CT molecular complexity index is 1220. The van der Waals surface area contributed by atoms with Crippen LogP contribution in [0.25, 0.3) is 23.2 Å². The highest BCUT2D eigenvalue weighted by atomic mass is 35.5. The number of hydrogen-bond acceptors (Lipinski definition) is 5. The fraction of sp³-hybridized carbons (Fsp3) is 0. The number of rotatable bonds is 5. The van der Waals surface area contributed by atoms with Crippen molar-refractivity contribution in [3.8, 4) is 11.6 Å². The summed E-state index contributed by atoms with van der Waals surface area (Å²) in [6.45, 7) is 0. The van der Waals surface area contributed by atoms with Crippen molar-refractivity contribution in [1.82, 2.24) is 9.97 Å². The van der Waals surface area contributed by atoms with Crippen molar-refractivity contribution in [3.05, 3.63) is 99.2 Å². The first kappa shape index (κ1) is 18.6. The van der Waals surface area contributed by atoms with E-state index in [1.807, 2.05) is 24.3 Å². The number of non-ortho nitro benzene ring substituents is 1. The van der Waals surface area contributed by atoms with Gasteiger partial charge in [0.2, 0.25) is 5.88 Å². The monoisotopic (exact) mass is 403 g/mol. The van der Waals surface area contributed by atoms with Gasteiger partial charge in [-0.25, -0.2) is 9.97 Å². The first-order valence-corrected chi connectivity index (χ1v) is 9.09. The zero-order valence-corrected chi connectivity index (χ0v) is 15.8. The first-order valence-electron chi connectivity index (χ1n) is 8.71. The molecule has 0 fully saturated rings. The molecule has 1 heterocycles. The molecule has 3 aromatic carbocycles. The summed E-state index contributed by atoms with van der Waals surface area (Å²) < 4.78 is 5.93. The third kappa shape index (κ3) is 4.39. The topological polar surface area (TPSA) is 78.2 Å². The molecule has 0 spiro atoms. The molecule has 29 heavy (non-hydrogen) atoms. The van der Waals surface area contributed by atoms with Crippen LogP contribution in [0.15, 0.2) is 72.8 Å². The van der Waals surface area contributed by atoms with Gasteiger partial charge in [-0.15, -0.1) is 0 Å². The normalized spacial score (nSPS) is 11.1. The van der Waals surface area contributed by atoms with Gasteiger partial charge >= 0.3 is 0 Å². The van der Waals surface area contributed by atoms with Gasteiger partial charge in [0.15, 0.2) is 0 Å². The Labute approximate surface area is 171 Å². The van der Waals surface area contributed by atoms with Crippen molar-refractivity contribution in [3.63, 3.8) is 0 Å². The van der Waals surface area contributed by atoms with Gasteiger partial charge in [0.05, 0.1) is 16.0 Å². The Morgan fingerprint density at radius 2 is 1.62 bits per heavy atom. The molecule has 0 unspecified atom stereocenters. The molecule has 0 saturated heterocycles. The van der Waals surface area contributed by atoms with E-state index in [4.69, 9.17) is 16.3 Å². The van der Waals surface area contributed by atoms with Gasteiger partial charge in [-0.05, 0) is 48.0 Å². The fourth-order valence-electron chi connectivity index (χ4n) is 2.71. The number of nitro groups is 1. The average Bonchev–Trinajstić information content (AvgIpc) is 2.74. The standard InChI is InChI=1S/C22H14ClN3O3/c23-16-9-11-18(12-10-16)29-22-21(24-19-6-1-2-7-20(19)25-22)13-8-15-4-3-5-17(14-15)26(27)28/h1-14H/b13-8-. The van der Waals surface area contributed by atoms with Crippen LogP contribution >= 0.6 is 11.6 Å². The lowest BCUT2D eigenvalue weighted by Crippen LogP contribution is -1.96. The molecular weight excluding hydrogens is 390 g/mol. The maximum absolute atomic E-state index is 11.0. The van der Waals surface area contributed by atoms with E-state index in [2.05, 4.69) is 9.97 Å². The summed E-state index contributed by atoms with van der Waals surface area (Å²) >= 11 is 5.93. The molecule has 0 saturated carbocycles. The Morgan fingerprint density at radius 3 is 2.34 bits per heavy atom. The summed E-state index contributed by atoms with van der Waals surface area (Å²) in [7, 11) is 0. The molecule has 0 aliphatic heterocycles. The van der Waals surface area contributed by atoms with Crippen LogP contribution in [0.5, 0.6) is 11.6 Å². The summed E-state index contributed by atoms with van der Waals surface area (Å²) in [6.07, 6.45) is 3.46. The summed E-state index contributed by atoms with van der Waals surface area (Å²) in [5.74, 6) is 0.900. The van der Waals surface area contributed by atoms with Gasteiger partial charge < -0.3 is 4.74 Å². The largest absolute Gasteiger partial charge is 0.437 e. The Balaban J connectivity index is 1.74. The number of nitro benzene ring substituents is 1. The smallest absolute Gasteiger partial charge is 0.270 e. The number of hydrogen-bond donors (Lipinski definition) is 0. The van der Waals surface area contributed by atoms with Crippen molar-refractivity contribution in [1.29, 1.82) is 0 Å². The summed E-state index contributed by atoms with van der Waals surface area (Å²) in [4.78, 5) is 19.8. The molecule has 0 bridgehead atoms. The first-order chi connectivity index (χ1) is 14.1. The van der Waals surface area contributed by atoms with Gasteiger partial charge in [0.1, 0.15) is 11.4 Å². The average molecular weight is 404 g/mol. The van der Waals surface area contributed by atoms with Crippen LogP contribution in [0.1, 0.15) is 11.3 Å². The maximum Gasteiger partial charge on any atom is 0.270 e. The third-order valence-corrected chi connectivity index (χ3v) is 4.36. The molecule has 4 rings (SSSR count). The van der Waals surface area contributed by atoms with Crippen LogP contribution in [-0.2, 0) is 0 Å². The number of halogens is 1. The summed E-state index contributed by atoms with van der Waals surface area (Å²) in [5, 5.41) is 11.6. The van der Waals surface area contributed by atoms with Gasteiger partial charge in [-0.1, -0.05) is 41.9 Å². The van der Waals surface area contributed by atoms with E-state index in [0.717, 1.165) is 5.52 Å². The van der Waals surface area contributed by atoms with Crippen LogP contribution < -0.4 is 4.74 Å². The maximum atomic E-state index is 11.0. The molecule has 0 radical (unpaired) electrons. The number of ether oxygens (including phenoxy) is 1. The molecular formula is C22H14ClN3O3. The van der Waals surface area contributed by atoms with Crippen LogP contribution in [0.2, 0.25) is 5.02 Å². The highest BCUT2D eigenvalue weighted by Crippen LogP contribution is 2.27. The molecule has 6 nitrogen and oxygen atoms in total. The lowest BCUT2D eigenvalue weighted by Gasteiger charge is -2.09. The lowest BCUT2D eigenvalue weighted by atomic mass is 10.2. The predicted molar refractivity (Wildman–Crippen MR) is 113 cm³/mol. The van der Waals surface area contributed by atoms with Crippen LogP contribution in [0.4, 0.5) is 5.69 Å². The summed E-state index contributed by atoms with van der Waals surface area (Å²) in [5.41, 5.74) is 2.62. The zero-order chi connectivity index (χ0) is 20.2. The number of para-hydroxylation sites is 2. The number of aromatic nitrogens is 2. The van der Waals surface area contributed by atoms with Crippen LogP contribution in [0.3, 0.4) is 0 Å². The second kappa shape index (κ2) is 8.08. The predicted octanol–water partition coefficient (Wildman–Crippen LogP) is 6.15. The van der Waals surface area contributed by atoms with E-state index in [-0.39, 0.29) is 5.69 Å². The minimum absolute atomic E-state index is 0.0226. The minimum Gasteiger partial charge on any atom is -0.437 e. The Morgan fingerprint density at radius 1 is 0.897 bits per heavy atom. The van der Waals surface area contributed by atoms with E-state index in [9.17, 15) is 10.1 Å². The van der Waals surface area contributed by atoms with Gasteiger partial charge in [0, 0.05) is 17.2 Å². The Hall–Kier alpha value is -3.77. The Kier molecular flexibility index (Phi) is 5.18. The van der Waals surface area contributed by atoms with Crippen molar-refractivity contribution >= 4 is 40.5 Å². The second-order valence-electron chi connectivity index (χ2n) is 6.14. The highest BCUT2D eigenvalue weighted by molar-refractivity contribution is 6.30. The number of fused-ring (bicyclic) bond motifs is 1. The molecule has 0 aliphatic rings. The molecule has 0 aliphatic carbocycles. The molecule has 0 atom stereocenters. The molecule has 4 aromatic rings. The van der Waals surface area contributed by atoms with E-state index >= 15 is 0 Å². The number of nitrogens with zero attached hydrogens (tertiary/aromatic N) is 3. The molecule has 7 heteroatoms. The van der Waals surface area contributed by atoms with Crippen molar-refractivity contribution < 1.29 is 9.66 Å². The quantitative estimate of drug-likeness (QED) is 0.295. The van der Waals surface area contributed by atoms with E-state index < -0.39 is 4.92 Å². The van der Waals surface area contributed by atoms with Crippen molar-refractivity contribution in [2.24, 2.45) is 0 Å². The van der Waals surface area contributed by atoms with E-state index in [1.165, 1.54) is 12.1 Å². The van der Waals surface area contributed by atoms with Gasteiger partial charge in [-0.3, -0.25) is 10.1 Å². The van der Waals surface area contributed by atoms with Crippen molar-refractivity contribution in [2.75, 3.05) is 0 Å². The number of benzene rings is 3. The third-order valence-electron chi connectivity index (χ3n) is 4.11. The van der Waals surface area contributed by atoms with E-state index in [1.54, 1.807) is 48.6 Å². The summed E-state index contributed by atoms with van der Waals surface area (Å²) in [6, 6.07) is 20.8. The molecule has 0 amide bonds. The van der Waals surface area contributed by atoms with Gasteiger partial charge in [-0.2, -0.15) is 0 Å². The lowest BCUT2D eigenvalue weighted by molar-refractivity contribution is -0.384.